The van der Waals surface area contributed by atoms with Gasteiger partial charge in [-0.25, -0.2) is 0 Å². The van der Waals surface area contributed by atoms with Crippen molar-refractivity contribution in [3.8, 4) is 0 Å². The van der Waals surface area contributed by atoms with Crippen LogP contribution >= 0.6 is 0 Å². The summed E-state index contributed by atoms with van der Waals surface area (Å²) >= 11 is 0. The molecule has 0 atom stereocenters. The van der Waals surface area contributed by atoms with Crippen molar-refractivity contribution in [2.45, 2.75) is 12.8 Å². The smallest absolute Gasteiger partial charge is 0.0700 e. The van der Waals surface area contributed by atoms with Crippen LogP contribution in [0.25, 0.3) is 0 Å². The van der Waals surface area contributed by atoms with Crippen LogP contribution in [-0.2, 0) is 18.9 Å². The van der Waals surface area contributed by atoms with Crippen LogP contribution in [0.3, 0.4) is 0 Å². The van der Waals surface area contributed by atoms with Gasteiger partial charge in [-0.2, -0.15) is 0 Å². The summed E-state index contributed by atoms with van der Waals surface area (Å²) in [6.45, 7) is 5.20. The van der Waals surface area contributed by atoms with Crippen molar-refractivity contribution in [2.75, 3.05) is 59.5 Å². The number of hydrogen-bond donors (Lipinski definition) is 1. The molecule has 102 valence electrons. The number of aliphatic hydroxyl groups is 1. The summed E-state index contributed by atoms with van der Waals surface area (Å²) in [5.74, 6) is 0.0713. The molecular weight excluding hydrogens is 224 g/mol. The molecule has 1 aliphatic rings. The molecule has 5 nitrogen and oxygen atoms in total. The zero-order valence-corrected chi connectivity index (χ0v) is 10.4. The Balaban J connectivity index is 2.16. The van der Waals surface area contributed by atoms with E-state index in [0.717, 1.165) is 12.8 Å². The van der Waals surface area contributed by atoms with E-state index in [0.29, 0.717) is 52.9 Å². The van der Waals surface area contributed by atoms with E-state index in [2.05, 4.69) is 0 Å². The van der Waals surface area contributed by atoms with E-state index in [1.54, 1.807) is 0 Å². The quantitative estimate of drug-likeness (QED) is 0.730. The molecule has 0 aliphatic carbocycles. The Hall–Kier alpha value is -0.200. The third kappa shape index (κ3) is 8.51. The number of hydrogen-bond acceptors (Lipinski definition) is 5. The average Bonchev–Trinajstić information content (AvgIpc) is 2.36. The zero-order valence-electron chi connectivity index (χ0n) is 10.4. The second-order valence-electron chi connectivity index (χ2n) is 4.13. The van der Waals surface area contributed by atoms with E-state index < -0.39 is 0 Å². The van der Waals surface area contributed by atoms with Crippen LogP contribution in [0.4, 0.5) is 0 Å². The minimum atomic E-state index is 0.0713. The van der Waals surface area contributed by atoms with Crippen LogP contribution in [0.15, 0.2) is 0 Å². The van der Waals surface area contributed by atoms with Crippen molar-refractivity contribution in [1.82, 2.24) is 0 Å². The second-order valence-corrected chi connectivity index (χ2v) is 4.13. The molecule has 0 spiro atoms. The van der Waals surface area contributed by atoms with Crippen molar-refractivity contribution >= 4 is 0 Å². The van der Waals surface area contributed by atoms with Crippen LogP contribution in [0.5, 0.6) is 0 Å². The first-order valence-corrected chi connectivity index (χ1v) is 6.35. The van der Waals surface area contributed by atoms with Crippen molar-refractivity contribution in [3.63, 3.8) is 0 Å². The van der Waals surface area contributed by atoms with Gasteiger partial charge in [-0.3, -0.25) is 0 Å². The Labute approximate surface area is 103 Å². The van der Waals surface area contributed by atoms with Crippen LogP contribution in [0, 0.1) is 5.92 Å². The highest BCUT2D eigenvalue weighted by atomic mass is 16.5. The van der Waals surface area contributed by atoms with Crippen LogP contribution in [0.1, 0.15) is 12.8 Å². The first-order chi connectivity index (χ1) is 8.43. The minimum absolute atomic E-state index is 0.0713. The molecule has 17 heavy (non-hydrogen) atoms. The predicted octanol–water partition coefficient (Wildman–Crippen LogP) is 0.455. The molecule has 0 bridgehead atoms. The SMILES string of the molecule is OCC1COCCCOCCOCCCOC1. The topological polar surface area (TPSA) is 57.2 Å². The zero-order chi connectivity index (χ0) is 12.2. The maximum absolute atomic E-state index is 9.13. The minimum Gasteiger partial charge on any atom is -0.396 e. The van der Waals surface area contributed by atoms with Crippen LogP contribution in [-0.4, -0.2) is 64.6 Å². The van der Waals surface area contributed by atoms with Crippen molar-refractivity contribution < 1.29 is 24.1 Å². The molecule has 0 aromatic heterocycles. The van der Waals surface area contributed by atoms with Gasteiger partial charge < -0.3 is 24.1 Å². The van der Waals surface area contributed by atoms with E-state index in [-0.39, 0.29) is 12.5 Å². The maximum atomic E-state index is 9.13. The van der Waals surface area contributed by atoms with Gasteiger partial charge in [0, 0.05) is 32.3 Å². The van der Waals surface area contributed by atoms with E-state index in [4.69, 9.17) is 24.1 Å². The Morgan fingerprint density at radius 1 is 0.706 bits per heavy atom. The van der Waals surface area contributed by atoms with Crippen molar-refractivity contribution in [2.24, 2.45) is 5.92 Å². The molecule has 1 rings (SSSR count). The van der Waals surface area contributed by atoms with E-state index in [1.807, 2.05) is 0 Å². The lowest BCUT2D eigenvalue weighted by molar-refractivity contribution is 0.0101. The first kappa shape index (κ1) is 14.9. The van der Waals surface area contributed by atoms with Gasteiger partial charge in [0.05, 0.1) is 33.0 Å². The monoisotopic (exact) mass is 248 g/mol. The lowest BCUT2D eigenvalue weighted by Gasteiger charge is -2.14. The lowest BCUT2D eigenvalue weighted by Crippen LogP contribution is -2.21. The lowest BCUT2D eigenvalue weighted by atomic mass is 10.2. The normalized spacial score (nSPS) is 23.8. The van der Waals surface area contributed by atoms with Gasteiger partial charge in [0.25, 0.3) is 0 Å². The van der Waals surface area contributed by atoms with Gasteiger partial charge in [-0.1, -0.05) is 0 Å². The number of rotatable bonds is 1. The highest BCUT2D eigenvalue weighted by Gasteiger charge is 2.08. The van der Waals surface area contributed by atoms with Gasteiger partial charge in [0.1, 0.15) is 0 Å². The molecule has 1 heterocycles. The Kier molecular flexibility index (Phi) is 9.55. The number of aliphatic hydroxyl groups excluding tert-OH is 1. The summed E-state index contributed by atoms with van der Waals surface area (Å²) in [7, 11) is 0. The molecule has 1 aliphatic heterocycles. The standard InChI is InChI=1S/C12H24O5/c13-9-12-10-16-5-1-3-14-7-8-15-4-2-6-17-11-12/h12-13H,1-11H2. The Bertz CT molecular complexity index is 149. The summed E-state index contributed by atoms with van der Waals surface area (Å²) in [6, 6.07) is 0. The van der Waals surface area contributed by atoms with Crippen molar-refractivity contribution in [1.29, 1.82) is 0 Å². The molecule has 1 fully saturated rings. The summed E-state index contributed by atoms with van der Waals surface area (Å²) in [4.78, 5) is 0. The number of ether oxygens (including phenoxy) is 4. The highest BCUT2D eigenvalue weighted by molar-refractivity contribution is 4.55. The van der Waals surface area contributed by atoms with E-state index in [1.165, 1.54) is 0 Å². The third-order valence-electron chi connectivity index (χ3n) is 2.49. The molecule has 0 amide bonds. The molecule has 0 radical (unpaired) electrons. The first-order valence-electron chi connectivity index (χ1n) is 6.35. The van der Waals surface area contributed by atoms with E-state index in [9.17, 15) is 0 Å². The molecule has 1 saturated heterocycles. The molecular formula is C12H24O5. The van der Waals surface area contributed by atoms with Gasteiger partial charge in [-0.05, 0) is 12.8 Å². The molecule has 0 aromatic carbocycles. The predicted molar refractivity (Wildman–Crippen MR) is 63.1 cm³/mol. The van der Waals surface area contributed by atoms with Crippen molar-refractivity contribution in [3.05, 3.63) is 0 Å². The molecule has 5 heteroatoms. The summed E-state index contributed by atoms with van der Waals surface area (Å²) in [6.07, 6.45) is 1.75. The molecule has 0 aromatic rings. The Morgan fingerprint density at radius 3 is 1.65 bits per heavy atom. The van der Waals surface area contributed by atoms with E-state index >= 15 is 0 Å². The van der Waals surface area contributed by atoms with Crippen LogP contribution < -0.4 is 0 Å². The Morgan fingerprint density at radius 2 is 1.18 bits per heavy atom. The summed E-state index contributed by atoms with van der Waals surface area (Å²) in [5, 5.41) is 9.13. The highest BCUT2D eigenvalue weighted by Crippen LogP contribution is 2.00. The van der Waals surface area contributed by atoms with Gasteiger partial charge >= 0.3 is 0 Å². The molecule has 1 N–H and O–H groups in total. The van der Waals surface area contributed by atoms with Gasteiger partial charge in [-0.15, -0.1) is 0 Å². The average molecular weight is 248 g/mol. The second kappa shape index (κ2) is 10.9. The largest absolute Gasteiger partial charge is 0.396 e. The fraction of sp³-hybridized carbons (Fsp3) is 1.00. The fourth-order valence-corrected chi connectivity index (χ4v) is 1.50. The van der Waals surface area contributed by atoms with Gasteiger partial charge in [0.15, 0.2) is 0 Å². The van der Waals surface area contributed by atoms with Crippen LogP contribution in [0.2, 0.25) is 0 Å². The fourth-order valence-electron chi connectivity index (χ4n) is 1.50. The maximum Gasteiger partial charge on any atom is 0.0700 e. The molecule has 0 saturated carbocycles. The third-order valence-corrected chi connectivity index (χ3v) is 2.49. The van der Waals surface area contributed by atoms with Gasteiger partial charge in [0.2, 0.25) is 0 Å². The summed E-state index contributed by atoms with van der Waals surface area (Å²) in [5.41, 5.74) is 0. The molecule has 0 unspecified atom stereocenters. The summed E-state index contributed by atoms with van der Waals surface area (Å²) < 4.78 is 21.7.